The van der Waals surface area contributed by atoms with E-state index in [1.165, 1.54) is 0 Å². The third kappa shape index (κ3) is 3.57. The van der Waals surface area contributed by atoms with Crippen LogP contribution < -0.4 is 5.32 Å². The molecule has 4 nitrogen and oxygen atoms in total. The summed E-state index contributed by atoms with van der Waals surface area (Å²) in [6.45, 7) is 2.13. The van der Waals surface area contributed by atoms with Crippen molar-refractivity contribution in [2.45, 2.75) is 50.3 Å². The van der Waals surface area contributed by atoms with E-state index >= 15 is 0 Å². The van der Waals surface area contributed by atoms with Crippen LogP contribution in [-0.2, 0) is 9.59 Å². The predicted molar refractivity (Wildman–Crippen MR) is 80.7 cm³/mol. The van der Waals surface area contributed by atoms with Gasteiger partial charge in [0.25, 0.3) is 0 Å². The molecule has 2 unspecified atom stereocenters. The fraction of sp³-hybridized carbons (Fsp3) is 0.733. The van der Waals surface area contributed by atoms with Gasteiger partial charge in [0, 0.05) is 11.3 Å². The van der Waals surface area contributed by atoms with E-state index < -0.39 is 17.8 Å². The number of carboxylic acids is 1. The van der Waals surface area contributed by atoms with Gasteiger partial charge < -0.3 is 10.4 Å². The summed E-state index contributed by atoms with van der Waals surface area (Å²) in [6, 6.07) is 0.216. The molecule has 1 saturated carbocycles. The Labute approximate surface area is 124 Å². The topological polar surface area (TPSA) is 66.4 Å². The molecule has 112 valence electrons. The molecule has 1 fully saturated rings. The van der Waals surface area contributed by atoms with Crippen molar-refractivity contribution in [3.63, 3.8) is 0 Å². The predicted octanol–water partition coefficient (Wildman–Crippen LogP) is 2.44. The molecule has 0 heterocycles. The smallest absolute Gasteiger partial charge is 0.307 e. The number of carbonyl (C=O) groups excluding carboxylic acids is 1. The quantitative estimate of drug-likeness (QED) is 0.765. The van der Waals surface area contributed by atoms with E-state index in [4.69, 9.17) is 0 Å². The number of nitrogens with one attached hydrogen (secondary N) is 1. The summed E-state index contributed by atoms with van der Waals surface area (Å²) in [5.41, 5.74) is 0. The lowest BCUT2D eigenvalue weighted by atomic mass is 9.82. The van der Waals surface area contributed by atoms with Crippen molar-refractivity contribution in [1.29, 1.82) is 0 Å². The van der Waals surface area contributed by atoms with Crippen molar-refractivity contribution in [2.75, 3.05) is 5.75 Å². The number of hydrogen-bond donors (Lipinski definition) is 2. The Morgan fingerprint density at radius 3 is 2.60 bits per heavy atom. The molecule has 0 spiro atoms. The lowest BCUT2D eigenvalue weighted by molar-refractivity contribution is -0.147. The van der Waals surface area contributed by atoms with Crippen LogP contribution in [0.3, 0.4) is 0 Å². The lowest BCUT2D eigenvalue weighted by Gasteiger charge is -2.27. The molecular formula is C15H23NO3S. The summed E-state index contributed by atoms with van der Waals surface area (Å²) in [4.78, 5) is 23.7. The van der Waals surface area contributed by atoms with Crippen molar-refractivity contribution < 1.29 is 14.7 Å². The highest BCUT2D eigenvalue weighted by atomic mass is 32.2. The maximum Gasteiger partial charge on any atom is 0.307 e. The second kappa shape index (κ2) is 7.16. The molecule has 2 N–H and O–H groups in total. The fourth-order valence-corrected chi connectivity index (χ4v) is 4.37. The SMILES string of the molecule is CCSC1CCCC1NC(=O)[C@@H]1CC=CC[C@@H]1C(=O)O. The molecule has 0 radical (unpaired) electrons. The first-order valence-electron chi connectivity index (χ1n) is 7.43. The summed E-state index contributed by atoms with van der Waals surface area (Å²) in [7, 11) is 0. The Bertz CT molecular complexity index is 397. The van der Waals surface area contributed by atoms with E-state index in [1.807, 2.05) is 23.9 Å². The minimum absolute atomic E-state index is 0.0737. The zero-order valence-electron chi connectivity index (χ0n) is 11.9. The molecule has 0 aromatic carbocycles. The van der Waals surface area contributed by atoms with Crippen LogP contribution in [0.15, 0.2) is 12.2 Å². The molecule has 5 heteroatoms. The van der Waals surface area contributed by atoms with Gasteiger partial charge in [-0.25, -0.2) is 0 Å². The lowest BCUT2D eigenvalue weighted by Crippen LogP contribution is -2.45. The molecule has 0 aromatic heterocycles. The number of aliphatic carboxylic acids is 1. The monoisotopic (exact) mass is 297 g/mol. The standard InChI is InChI=1S/C15H23NO3S/c1-2-20-13-9-5-8-12(13)16-14(17)10-6-3-4-7-11(10)15(18)19/h3-4,10-13H,2,5-9H2,1H3,(H,16,17)(H,18,19)/t10-,11+,12?,13?/m1/s1. The number of carboxylic acid groups (broad SMARTS) is 1. The fourth-order valence-electron chi connectivity index (χ4n) is 3.17. The molecule has 2 aliphatic rings. The third-order valence-corrected chi connectivity index (χ3v) is 5.57. The summed E-state index contributed by atoms with van der Waals surface area (Å²) < 4.78 is 0. The average Bonchev–Trinajstić information content (AvgIpc) is 2.86. The molecule has 2 rings (SSSR count). The maximum absolute atomic E-state index is 12.4. The van der Waals surface area contributed by atoms with Crippen LogP contribution in [0, 0.1) is 11.8 Å². The highest BCUT2D eigenvalue weighted by Crippen LogP contribution is 2.31. The van der Waals surface area contributed by atoms with Gasteiger partial charge in [-0.2, -0.15) is 11.8 Å². The minimum atomic E-state index is -0.861. The van der Waals surface area contributed by atoms with E-state index in [2.05, 4.69) is 12.2 Å². The Morgan fingerprint density at radius 2 is 1.95 bits per heavy atom. The van der Waals surface area contributed by atoms with Crippen molar-refractivity contribution in [2.24, 2.45) is 11.8 Å². The van der Waals surface area contributed by atoms with Gasteiger partial charge in [-0.05, 0) is 31.4 Å². The third-order valence-electron chi connectivity index (χ3n) is 4.25. The Balaban J connectivity index is 1.96. The van der Waals surface area contributed by atoms with Crippen LogP contribution in [0.4, 0.5) is 0 Å². The van der Waals surface area contributed by atoms with Crippen LogP contribution >= 0.6 is 11.8 Å². The van der Waals surface area contributed by atoms with Gasteiger partial charge in [-0.3, -0.25) is 9.59 Å². The zero-order valence-corrected chi connectivity index (χ0v) is 12.7. The van der Waals surface area contributed by atoms with Crippen molar-refractivity contribution in [1.82, 2.24) is 5.32 Å². The normalized spacial score (nSPS) is 33.0. The molecule has 2 aliphatic carbocycles. The molecule has 20 heavy (non-hydrogen) atoms. The largest absolute Gasteiger partial charge is 0.481 e. The van der Waals surface area contributed by atoms with Crippen LogP contribution in [0.25, 0.3) is 0 Å². The first kappa shape index (κ1) is 15.4. The number of thioether (sulfide) groups is 1. The molecule has 0 saturated heterocycles. The maximum atomic E-state index is 12.4. The molecule has 4 atom stereocenters. The van der Waals surface area contributed by atoms with Gasteiger partial charge in [0.05, 0.1) is 11.8 Å². The first-order valence-corrected chi connectivity index (χ1v) is 8.48. The molecular weight excluding hydrogens is 274 g/mol. The number of amides is 1. The highest BCUT2D eigenvalue weighted by molar-refractivity contribution is 7.99. The molecule has 0 aromatic rings. The summed E-state index contributed by atoms with van der Waals surface area (Å²) >= 11 is 1.90. The van der Waals surface area contributed by atoms with Gasteiger partial charge >= 0.3 is 5.97 Å². The number of hydrogen-bond acceptors (Lipinski definition) is 3. The van der Waals surface area contributed by atoms with Gasteiger partial charge in [0.2, 0.25) is 5.91 Å². The Morgan fingerprint density at radius 1 is 1.25 bits per heavy atom. The van der Waals surface area contributed by atoms with Gasteiger partial charge in [0.15, 0.2) is 0 Å². The average molecular weight is 297 g/mol. The van der Waals surface area contributed by atoms with E-state index in [-0.39, 0.29) is 11.9 Å². The van der Waals surface area contributed by atoms with Crippen molar-refractivity contribution in [3.05, 3.63) is 12.2 Å². The van der Waals surface area contributed by atoms with Crippen LogP contribution in [0.2, 0.25) is 0 Å². The first-order chi connectivity index (χ1) is 9.63. The Hall–Kier alpha value is -0.970. The van der Waals surface area contributed by atoms with Gasteiger partial charge in [-0.15, -0.1) is 0 Å². The number of carbonyl (C=O) groups is 2. The van der Waals surface area contributed by atoms with E-state index in [1.54, 1.807) is 0 Å². The summed E-state index contributed by atoms with van der Waals surface area (Å²) in [5.74, 6) is -0.860. The van der Waals surface area contributed by atoms with Crippen molar-refractivity contribution >= 4 is 23.6 Å². The minimum Gasteiger partial charge on any atom is -0.481 e. The van der Waals surface area contributed by atoms with E-state index in [9.17, 15) is 14.7 Å². The van der Waals surface area contributed by atoms with Crippen molar-refractivity contribution in [3.8, 4) is 0 Å². The molecule has 0 aliphatic heterocycles. The highest BCUT2D eigenvalue weighted by Gasteiger charge is 2.36. The van der Waals surface area contributed by atoms with Gasteiger partial charge in [0.1, 0.15) is 0 Å². The Kier molecular flexibility index (Phi) is 5.52. The summed E-state index contributed by atoms with van der Waals surface area (Å²) in [5, 5.41) is 12.8. The van der Waals surface area contributed by atoms with E-state index in [0.717, 1.165) is 25.0 Å². The second-order valence-electron chi connectivity index (χ2n) is 5.53. The van der Waals surface area contributed by atoms with Crippen LogP contribution in [0.1, 0.15) is 39.0 Å². The second-order valence-corrected chi connectivity index (χ2v) is 7.05. The molecule has 1 amide bonds. The van der Waals surface area contributed by atoms with Crippen LogP contribution in [0.5, 0.6) is 0 Å². The zero-order chi connectivity index (χ0) is 14.5. The van der Waals surface area contributed by atoms with E-state index in [0.29, 0.717) is 18.1 Å². The summed E-state index contributed by atoms with van der Waals surface area (Å²) in [6.07, 6.45) is 8.12. The molecule has 0 bridgehead atoms. The number of rotatable bonds is 5. The number of allylic oxidation sites excluding steroid dienone is 2. The van der Waals surface area contributed by atoms with Crippen LogP contribution in [-0.4, -0.2) is 34.0 Å². The van der Waals surface area contributed by atoms with Gasteiger partial charge in [-0.1, -0.05) is 25.5 Å².